The summed E-state index contributed by atoms with van der Waals surface area (Å²) in [5.41, 5.74) is 11.7. The molecule has 53 heavy (non-hydrogen) atoms. The van der Waals surface area contributed by atoms with Crippen molar-refractivity contribution in [1.29, 1.82) is 0 Å². The number of phenolic OH excluding ortho intramolecular Hbond substituents is 1. The van der Waals surface area contributed by atoms with Gasteiger partial charge in [-0.2, -0.15) is 0 Å². The summed E-state index contributed by atoms with van der Waals surface area (Å²) in [6, 6.07) is 56.0. The highest BCUT2D eigenvalue weighted by Crippen LogP contribution is 2.59. The van der Waals surface area contributed by atoms with E-state index in [0.717, 1.165) is 33.5 Å². The molecule has 2 heterocycles. The van der Waals surface area contributed by atoms with Crippen LogP contribution in [0.2, 0.25) is 0 Å². The molecule has 3 heteroatoms. The first-order valence-corrected chi connectivity index (χ1v) is 18.0. The van der Waals surface area contributed by atoms with Gasteiger partial charge in [0.25, 0.3) is 0 Å². The molecule has 0 radical (unpaired) electrons. The van der Waals surface area contributed by atoms with Crippen molar-refractivity contribution in [1.82, 2.24) is 9.13 Å². The molecule has 0 amide bonds. The molecule has 0 bridgehead atoms. The highest BCUT2D eigenvalue weighted by atomic mass is 16.3. The molecule has 9 aromatic rings. The number of benzene rings is 7. The summed E-state index contributed by atoms with van der Waals surface area (Å²) in [4.78, 5) is 0. The van der Waals surface area contributed by atoms with Gasteiger partial charge in [0.15, 0.2) is 0 Å². The predicted molar refractivity (Wildman–Crippen MR) is 220 cm³/mol. The molecule has 1 N–H and O–H groups in total. The Bertz CT molecular complexity index is 3000. The lowest BCUT2D eigenvalue weighted by atomic mass is 9.69. The van der Waals surface area contributed by atoms with Crippen LogP contribution in [0.3, 0.4) is 0 Å². The van der Waals surface area contributed by atoms with Crippen molar-refractivity contribution >= 4 is 43.6 Å². The second-order valence-electron chi connectivity index (χ2n) is 13.8. The van der Waals surface area contributed by atoms with Crippen LogP contribution < -0.4 is 0 Å². The van der Waals surface area contributed by atoms with Crippen molar-refractivity contribution in [2.75, 3.05) is 0 Å². The molecule has 0 saturated carbocycles. The smallest absolute Gasteiger partial charge is 0.120 e. The molecule has 2 aromatic heterocycles. The van der Waals surface area contributed by atoms with Crippen LogP contribution in [0.15, 0.2) is 182 Å². The molecule has 250 valence electrons. The van der Waals surface area contributed by atoms with E-state index >= 15 is 0 Å². The molecule has 7 aromatic carbocycles. The van der Waals surface area contributed by atoms with E-state index in [1.54, 1.807) is 6.08 Å². The first-order valence-electron chi connectivity index (χ1n) is 18.0. The number of terminal acetylenes is 1. The summed E-state index contributed by atoms with van der Waals surface area (Å²) in [6.45, 7) is 0. The molecule has 0 aliphatic heterocycles. The van der Waals surface area contributed by atoms with Crippen molar-refractivity contribution in [2.24, 2.45) is 0 Å². The number of allylic oxidation sites excluding steroid dienone is 4. The maximum absolute atomic E-state index is 11.8. The number of aromatic hydroxyl groups is 1. The van der Waals surface area contributed by atoms with Gasteiger partial charge in [0.2, 0.25) is 0 Å². The minimum atomic E-state index is -0.698. The van der Waals surface area contributed by atoms with Crippen molar-refractivity contribution in [2.45, 2.75) is 11.8 Å². The first-order chi connectivity index (χ1) is 26.2. The largest absolute Gasteiger partial charge is 0.508 e. The van der Waals surface area contributed by atoms with Gasteiger partial charge in [-0.25, -0.2) is 0 Å². The fraction of sp³-hybridized carbons (Fsp3) is 0.0400. The van der Waals surface area contributed by atoms with Crippen LogP contribution in [0.5, 0.6) is 5.75 Å². The molecule has 3 nitrogen and oxygen atoms in total. The quantitative estimate of drug-likeness (QED) is 0.138. The van der Waals surface area contributed by atoms with Gasteiger partial charge in [0, 0.05) is 44.0 Å². The average Bonchev–Trinajstić information content (AvgIpc) is 3.82. The Labute approximate surface area is 308 Å². The van der Waals surface area contributed by atoms with Crippen LogP contribution in [0.1, 0.15) is 23.1 Å². The van der Waals surface area contributed by atoms with E-state index in [4.69, 9.17) is 6.42 Å². The summed E-state index contributed by atoms with van der Waals surface area (Å²) in [6.07, 6.45) is 14.0. The third-order valence-corrected chi connectivity index (χ3v) is 11.1. The molecule has 0 fully saturated rings. The Morgan fingerprint density at radius 3 is 2.00 bits per heavy atom. The standard InChI is InChI=1S/C50H34N2O/c1-2-3-4-5-17-32-50(43-24-13-16-27-47(43)53)42-23-12-9-20-36(42)39-29-30-40-37-21-10-15-26-45(37)52(49(40)48(39)50)35-28-31-46-41(33-35)38-22-11-14-25-44(38)51(46)34-18-7-6-8-19-34/h1,3-31,33,53H,32H2/b4-3-,17-5-. The number of aromatic nitrogens is 2. The number of para-hydroxylation sites is 4. The van der Waals surface area contributed by atoms with Gasteiger partial charge in [0.05, 0.1) is 27.5 Å². The predicted octanol–water partition coefficient (Wildman–Crippen LogP) is 12.0. The zero-order chi connectivity index (χ0) is 35.5. The highest BCUT2D eigenvalue weighted by molar-refractivity contribution is 6.15. The summed E-state index contributed by atoms with van der Waals surface area (Å²) < 4.78 is 4.82. The van der Waals surface area contributed by atoms with Crippen molar-refractivity contribution in [3.05, 3.63) is 199 Å². The Kier molecular flexibility index (Phi) is 7.00. The lowest BCUT2D eigenvalue weighted by Crippen LogP contribution is -2.27. The Balaban J connectivity index is 1.34. The normalized spacial score (nSPS) is 15.2. The van der Waals surface area contributed by atoms with Gasteiger partial charge in [-0.1, -0.05) is 133 Å². The molecule has 1 atom stereocenters. The van der Waals surface area contributed by atoms with E-state index in [1.165, 1.54) is 49.3 Å². The maximum Gasteiger partial charge on any atom is 0.120 e. The van der Waals surface area contributed by atoms with Gasteiger partial charge in [-0.3, -0.25) is 0 Å². The molecule has 1 aliphatic carbocycles. The highest BCUT2D eigenvalue weighted by Gasteiger charge is 2.47. The topological polar surface area (TPSA) is 30.1 Å². The number of hydrogen-bond donors (Lipinski definition) is 1. The first kappa shape index (κ1) is 30.8. The van der Waals surface area contributed by atoms with E-state index in [0.29, 0.717) is 6.42 Å². The lowest BCUT2D eigenvalue weighted by molar-refractivity contribution is 0.454. The number of fused-ring (bicyclic) bond motifs is 10. The lowest BCUT2D eigenvalue weighted by Gasteiger charge is -2.33. The third-order valence-electron chi connectivity index (χ3n) is 11.1. The zero-order valence-corrected chi connectivity index (χ0v) is 28.9. The Morgan fingerprint density at radius 2 is 1.21 bits per heavy atom. The van der Waals surface area contributed by atoms with Crippen molar-refractivity contribution in [3.63, 3.8) is 0 Å². The number of phenols is 1. The summed E-state index contributed by atoms with van der Waals surface area (Å²) in [5.74, 6) is 2.88. The maximum atomic E-state index is 11.8. The zero-order valence-electron chi connectivity index (χ0n) is 28.9. The summed E-state index contributed by atoms with van der Waals surface area (Å²) in [5, 5.41) is 16.5. The molecule has 0 spiro atoms. The van der Waals surface area contributed by atoms with E-state index in [2.05, 4.69) is 161 Å². The summed E-state index contributed by atoms with van der Waals surface area (Å²) in [7, 11) is 0. The Morgan fingerprint density at radius 1 is 0.547 bits per heavy atom. The van der Waals surface area contributed by atoms with Gasteiger partial charge in [0.1, 0.15) is 5.75 Å². The monoisotopic (exact) mass is 678 g/mol. The molecular formula is C50H34N2O. The third kappa shape index (κ3) is 4.43. The number of nitrogens with zero attached hydrogens (tertiary/aromatic N) is 2. The van der Waals surface area contributed by atoms with Crippen LogP contribution in [-0.2, 0) is 5.41 Å². The molecule has 1 aliphatic rings. The second kappa shape index (κ2) is 12.0. The van der Waals surface area contributed by atoms with Crippen molar-refractivity contribution < 1.29 is 5.11 Å². The molecule has 0 saturated heterocycles. The van der Waals surface area contributed by atoms with Gasteiger partial charge in [-0.05, 0) is 77.7 Å². The van der Waals surface area contributed by atoms with Gasteiger partial charge in [-0.15, -0.1) is 6.42 Å². The van der Waals surface area contributed by atoms with Gasteiger partial charge >= 0.3 is 0 Å². The second-order valence-corrected chi connectivity index (χ2v) is 13.8. The minimum Gasteiger partial charge on any atom is -0.508 e. The molecule has 1 unspecified atom stereocenters. The van der Waals surface area contributed by atoms with Crippen LogP contribution in [0.25, 0.3) is 66.1 Å². The molecule has 10 rings (SSSR count). The van der Waals surface area contributed by atoms with E-state index in [-0.39, 0.29) is 5.75 Å². The van der Waals surface area contributed by atoms with E-state index in [9.17, 15) is 5.11 Å². The minimum absolute atomic E-state index is 0.275. The number of hydrogen-bond acceptors (Lipinski definition) is 1. The van der Waals surface area contributed by atoms with Crippen LogP contribution in [-0.4, -0.2) is 14.2 Å². The SMILES string of the molecule is C#C/C=C\C=C/CC1(c2ccccc2O)c2ccccc2-c2ccc3c4ccccc4n(-c4ccc5c(c4)c4ccccc4n5-c4ccccc4)c3c21. The van der Waals surface area contributed by atoms with Gasteiger partial charge < -0.3 is 14.2 Å². The fourth-order valence-corrected chi connectivity index (χ4v) is 9.03. The average molecular weight is 679 g/mol. The van der Waals surface area contributed by atoms with Crippen LogP contribution >= 0.6 is 0 Å². The van der Waals surface area contributed by atoms with E-state index in [1.807, 2.05) is 30.4 Å². The van der Waals surface area contributed by atoms with Crippen molar-refractivity contribution in [3.8, 4) is 40.6 Å². The summed E-state index contributed by atoms with van der Waals surface area (Å²) >= 11 is 0. The van der Waals surface area contributed by atoms with E-state index < -0.39 is 5.41 Å². The Hall–Kier alpha value is -7.02. The van der Waals surface area contributed by atoms with Crippen LogP contribution in [0.4, 0.5) is 0 Å². The fourth-order valence-electron chi connectivity index (χ4n) is 9.03. The van der Waals surface area contributed by atoms with Crippen LogP contribution in [0, 0.1) is 12.3 Å². The number of rotatable bonds is 6. The molecular weight excluding hydrogens is 645 g/mol.